The first-order valence-corrected chi connectivity index (χ1v) is 7.76. The van der Waals surface area contributed by atoms with Gasteiger partial charge in [0, 0.05) is 11.0 Å². The van der Waals surface area contributed by atoms with Crippen molar-refractivity contribution in [2.75, 3.05) is 0 Å². The molecule has 0 bridgehead atoms. The molecule has 0 spiro atoms. The summed E-state index contributed by atoms with van der Waals surface area (Å²) in [5, 5.41) is 10.5. The number of hydrogen-bond donors (Lipinski definition) is 1. The molecule has 0 radical (unpaired) electrons. The van der Waals surface area contributed by atoms with Gasteiger partial charge in [0.25, 0.3) is 0 Å². The Morgan fingerprint density at radius 3 is 2.14 bits per heavy atom. The Morgan fingerprint density at radius 1 is 1.00 bits per heavy atom. The molecule has 0 heterocycles. The number of aromatic hydroxyl groups is 1. The molecule has 0 aromatic heterocycles. The monoisotopic (exact) mass is 284 g/mol. The molecule has 0 amide bonds. The number of phenolic OH excluding ortho intramolecular Hbond substituents is 1. The minimum Gasteiger partial charge on any atom is -0.507 e. The van der Waals surface area contributed by atoms with Crippen LogP contribution in [0.4, 0.5) is 0 Å². The lowest BCUT2D eigenvalue weighted by atomic mass is 9.76. The van der Waals surface area contributed by atoms with Gasteiger partial charge >= 0.3 is 0 Å². The Balaban J connectivity index is 2.47. The summed E-state index contributed by atoms with van der Waals surface area (Å²) in [4.78, 5) is 0. The molecular formula is C20H28O. The summed E-state index contributed by atoms with van der Waals surface area (Å²) in [6.45, 7) is 15.3. The number of aryl methyl sites for hydroxylation is 2. The van der Waals surface area contributed by atoms with Gasteiger partial charge in [-0.2, -0.15) is 0 Å². The van der Waals surface area contributed by atoms with Crippen LogP contribution >= 0.6 is 0 Å². The fraction of sp³-hybridized carbons (Fsp3) is 0.500. The standard InChI is InChI=1S/C20H28O/c1-13-10-14(2)18(21)17(11-13)20(6,7)16-9-8-15(12-16)19(3,4)5/h9-12,21H,8H2,1-7H3. The number of hydrogen-bond acceptors (Lipinski definition) is 1. The molecule has 1 aliphatic carbocycles. The van der Waals surface area contributed by atoms with E-state index in [-0.39, 0.29) is 10.8 Å². The second-order valence-corrected chi connectivity index (χ2v) is 7.89. The average Bonchev–Trinajstić information content (AvgIpc) is 2.83. The third-order valence-electron chi connectivity index (χ3n) is 4.67. The summed E-state index contributed by atoms with van der Waals surface area (Å²) in [5.41, 5.74) is 6.00. The maximum Gasteiger partial charge on any atom is 0.122 e. The summed E-state index contributed by atoms with van der Waals surface area (Å²) in [5.74, 6) is 0.434. The molecule has 1 aliphatic rings. The van der Waals surface area contributed by atoms with Crippen LogP contribution in [0.25, 0.3) is 0 Å². The Kier molecular flexibility index (Phi) is 3.82. The van der Waals surface area contributed by atoms with E-state index in [1.807, 2.05) is 13.0 Å². The van der Waals surface area contributed by atoms with E-state index < -0.39 is 0 Å². The van der Waals surface area contributed by atoms with Gasteiger partial charge in [0.1, 0.15) is 5.75 Å². The van der Waals surface area contributed by atoms with Crippen LogP contribution in [-0.2, 0) is 5.41 Å². The van der Waals surface area contributed by atoms with Crippen LogP contribution in [0.2, 0.25) is 0 Å². The topological polar surface area (TPSA) is 20.2 Å². The fourth-order valence-corrected chi connectivity index (χ4v) is 3.08. The molecule has 1 nitrogen and oxygen atoms in total. The molecule has 1 aromatic carbocycles. The van der Waals surface area contributed by atoms with Gasteiger partial charge in [-0.15, -0.1) is 0 Å². The number of allylic oxidation sites excluding steroid dienone is 4. The van der Waals surface area contributed by atoms with E-state index in [1.54, 1.807) is 0 Å². The van der Waals surface area contributed by atoms with Gasteiger partial charge in [-0.3, -0.25) is 0 Å². The molecule has 0 saturated heterocycles. The fourth-order valence-electron chi connectivity index (χ4n) is 3.08. The van der Waals surface area contributed by atoms with E-state index in [0.717, 1.165) is 17.5 Å². The van der Waals surface area contributed by atoms with E-state index in [1.165, 1.54) is 16.7 Å². The molecule has 2 rings (SSSR count). The summed E-state index contributed by atoms with van der Waals surface area (Å²) in [7, 11) is 0. The SMILES string of the molecule is Cc1cc(C)c(O)c(C(C)(C)C2=CCC(C(C)(C)C)=C2)c1. The van der Waals surface area contributed by atoms with Crippen LogP contribution in [0.5, 0.6) is 5.75 Å². The van der Waals surface area contributed by atoms with E-state index in [9.17, 15) is 5.11 Å². The zero-order valence-corrected chi connectivity index (χ0v) is 14.5. The lowest BCUT2D eigenvalue weighted by molar-refractivity contribution is 0.448. The van der Waals surface area contributed by atoms with Crippen LogP contribution in [0.1, 0.15) is 57.7 Å². The van der Waals surface area contributed by atoms with Gasteiger partial charge in [-0.25, -0.2) is 0 Å². The Hall–Kier alpha value is -1.50. The first kappa shape index (κ1) is 15.9. The van der Waals surface area contributed by atoms with E-state index in [0.29, 0.717) is 5.75 Å². The van der Waals surface area contributed by atoms with Crippen LogP contribution in [0, 0.1) is 19.3 Å². The maximum absolute atomic E-state index is 10.5. The van der Waals surface area contributed by atoms with Crippen LogP contribution in [0.3, 0.4) is 0 Å². The van der Waals surface area contributed by atoms with Crippen molar-refractivity contribution >= 4 is 0 Å². The lowest BCUT2D eigenvalue weighted by Gasteiger charge is -2.28. The maximum atomic E-state index is 10.5. The average molecular weight is 284 g/mol. The quantitative estimate of drug-likeness (QED) is 0.750. The Morgan fingerprint density at radius 2 is 1.62 bits per heavy atom. The van der Waals surface area contributed by atoms with Crippen molar-refractivity contribution in [1.29, 1.82) is 0 Å². The van der Waals surface area contributed by atoms with Gasteiger partial charge in [0.2, 0.25) is 0 Å². The van der Waals surface area contributed by atoms with E-state index in [4.69, 9.17) is 0 Å². The van der Waals surface area contributed by atoms with Gasteiger partial charge in [0.15, 0.2) is 0 Å². The largest absolute Gasteiger partial charge is 0.507 e. The smallest absolute Gasteiger partial charge is 0.122 e. The minimum absolute atomic E-state index is 0.173. The summed E-state index contributed by atoms with van der Waals surface area (Å²) in [6.07, 6.45) is 5.67. The summed E-state index contributed by atoms with van der Waals surface area (Å²) < 4.78 is 0. The van der Waals surface area contributed by atoms with Crippen molar-refractivity contribution in [3.05, 3.63) is 52.1 Å². The molecule has 0 fully saturated rings. The predicted molar refractivity (Wildman–Crippen MR) is 90.8 cm³/mol. The third-order valence-corrected chi connectivity index (χ3v) is 4.67. The zero-order valence-electron chi connectivity index (χ0n) is 14.5. The van der Waals surface area contributed by atoms with E-state index >= 15 is 0 Å². The summed E-state index contributed by atoms with van der Waals surface area (Å²) in [6, 6.07) is 4.15. The highest BCUT2D eigenvalue weighted by Gasteiger charge is 2.31. The molecule has 1 N–H and O–H groups in total. The van der Waals surface area contributed by atoms with Crippen molar-refractivity contribution in [2.24, 2.45) is 5.41 Å². The first-order chi connectivity index (χ1) is 9.53. The predicted octanol–water partition coefficient (Wildman–Crippen LogP) is 5.59. The minimum atomic E-state index is -0.173. The molecule has 0 saturated carbocycles. The van der Waals surface area contributed by atoms with Crippen molar-refractivity contribution in [2.45, 2.75) is 60.3 Å². The highest BCUT2D eigenvalue weighted by Crippen LogP contribution is 2.44. The molecule has 0 unspecified atom stereocenters. The molecule has 0 aliphatic heterocycles. The molecule has 21 heavy (non-hydrogen) atoms. The Labute approximate surface area is 129 Å². The zero-order chi connectivity index (χ0) is 16.0. The highest BCUT2D eigenvalue weighted by atomic mass is 16.3. The van der Waals surface area contributed by atoms with Gasteiger partial charge in [0.05, 0.1) is 0 Å². The lowest BCUT2D eigenvalue weighted by Crippen LogP contribution is -2.20. The number of phenols is 1. The van der Waals surface area contributed by atoms with Gasteiger partial charge < -0.3 is 5.11 Å². The second-order valence-electron chi connectivity index (χ2n) is 7.89. The van der Waals surface area contributed by atoms with Crippen LogP contribution < -0.4 is 0 Å². The number of rotatable bonds is 2. The molecule has 1 heteroatoms. The normalized spacial score (nSPS) is 16.0. The molecule has 0 atom stereocenters. The van der Waals surface area contributed by atoms with Crippen molar-refractivity contribution in [3.8, 4) is 5.75 Å². The first-order valence-electron chi connectivity index (χ1n) is 7.76. The number of benzene rings is 1. The summed E-state index contributed by atoms with van der Waals surface area (Å²) >= 11 is 0. The van der Waals surface area contributed by atoms with Gasteiger partial charge in [-0.1, -0.05) is 70.0 Å². The van der Waals surface area contributed by atoms with Crippen LogP contribution in [-0.4, -0.2) is 5.11 Å². The van der Waals surface area contributed by atoms with E-state index in [2.05, 4.69) is 59.8 Å². The van der Waals surface area contributed by atoms with Crippen LogP contribution in [0.15, 0.2) is 35.4 Å². The van der Waals surface area contributed by atoms with Crippen molar-refractivity contribution in [3.63, 3.8) is 0 Å². The third kappa shape index (κ3) is 2.92. The van der Waals surface area contributed by atoms with Crippen molar-refractivity contribution < 1.29 is 5.11 Å². The Bertz CT molecular complexity index is 622. The second kappa shape index (κ2) is 5.05. The molecule has 1 aromatic rings. The highest BCUT2D eigenvalue weighted by molar-refractivity contribution is 5.54. The molecular weight excluding hydrogens is 256 g/mol. The van der Waals surface area contributed by atoms with Gasteiger partial charge in [-0.05, 0) is 36.8 Å². The molecule has 114 valence electrons. The van der Waals surface area contributed by atoms with Crippen molar-refractivity contribution in [1.82, 2.24) is 0 Å².